The fraction of sp³-hybridized carbons (Fsp3) is 0.198. The first kappa shape index (κ1) is 76.1. The molecule has 0 spiro atoms. The molecule has 14 aromatic rings. The molecule has 0 amide bonds. The standard InChI is InChI=1S/C15H19N2Si.3C14H15N2.C13H13N2O.C13H13N2S.C13H13N2/c1-18(2,3)17-12-16-11-7-6-9-14(16)13-8-4-5-10-15(13)17;3*1-11-6-5-9-14-12-7-3-4-8-13(12)15(2)10-16(11)14;2*1-16-15-10-14-9-5-4-7-12(14)11-6-2-3-8-13(11)15;1-14-10-15-9-5-4-8-13(15)11-6-2-3-7-12(11)14/h4-11H,12H2,1-3H3;3*3-9H,10H2,1-2H3;2*2-9H,10H2,1H3;2-9H,10H2,1H3/q7*+1. The molecule has 7 aliphatic heterocycles. The number of rotatable bonds is 3. The summed E-state index contributed by atoms with van der Waals surface area (Å²) in [6, 6.07) is 105. The number of benzene rings is 7. The summed E-state index contributed by atoms with van der Waals surface area (Å²) in [5, 5.41) is 1.89. The molecule has 7 aromatic heterocycles. The molecule has 0 saturated carbocycles. The third-order valence-corrected chi connectivity index (χ3v) is 24.7. The van der Waals surface area contributed by atoms with Crippen molar-refractivity contribution in [1.82, 2.24) is 0 Å². The Kier molecular flexibility index (Phi) is 22.7. The molecule has 0 unspecified atom stereocenters. The van der Waals surface area contributed by atoms with E-state index in [0.717, 1.165) is 52.4 Å². The average molecular weight is 1530 g/mol. The lowest BCUT2D eigenvalue weighted by Crippen LogP contribution is -2.57. The predicted octanol–water partition coefficient (Wildman–Crippen LogP) is 17.0. The van der Waals surface area contributed by atoms with Gasteiger partial charge in [-0.2, -0.15) is 37.0 Å². The van der Waals surface area contributed by atoms with E-state index in [1.165, 1.54) is 130 Å². The summed E-state index contributed by atoms with van der Waals surface area (Å²) in [5.41, 5.74) is 31.2. The maximum Gasteiger partial charge on any atom is 0.246 e. The lowest BCUT2D eigenvalue weighted by molar-refractivity contribution is -0.692. The Hall–Kier alpha value is -12.3. The van der Waals surface area contributed by atoms with Crippen LogP contribution in [0.1, 0.15) is 17.1 Å². The molecule has 7 aliphatic rings. The Bertz CT molecular complexity index is 5410. The van der Waals surface area contributed by atoms with E-state index in [2.05, 4.69) is 445 Å². The highest BCUT2D eigenvalue weighted by molar-refractivity contribution is 7.99. The second-order valence-corrected chi connectivity index (χ2v) is 36.0. The highest BCUT2D eigenvalue weighted by Gasteiger charge is 2.36. The Morgan fingerprint density at radius 1 is 0.274 bits per heavy atom. The van der Waals surface area contributed by atoms with Gasteiger partial charge in [-0.25, -0.2) is 0 Å². The van der Waals surface area contributed by atoms with E-state index < -0.39 is 8.24 Å². The number of pyridine rings is 7. The van der Waals surface area contributed by atoms with Gasteiger partial charge in [0.05, 0.1) is 80.2 Å². The molecule has 17 heteroatoms. The van der Waals surface area contributed by atoms with E-state index >= 15 is 0 Å². The molecule has 0 radical (unpaired) electrons. The number of aromatic nitrogens is 7. The van der Waals surface area contributed by atoms with Crippen molar-refractivity contribution in [3.63, 3.8) is 0 Å². The minimum absolute atomic E-state index is 0.726. The molecule has 0 fully saturated rings. The van der Waals surface area contributed by atoms with Gasteiger partial charge >= 0.3 is 0 Å². The number of hydrogen-bond acceptors (Lipinski definition) is 9. The van der Waals surface area contributed by atoms with Gasteiger partial charge in [0.25, 0.3) is 0 Å². The number of para-hydroxylation sites is 7. The van der Waals surface area contributed by atoms with Gasteiger partial charge < -0.3 is 24.2 Å². The van der Waals surface area contributed by atoms with Crippen LogP contribution in [0.5, 0.6) is 0 Å². The predicted molar refractivity (Wildman–Crippen MR) is 464 cm³/mol. The van der Waals surface area contributed by atoms with Crippen molar-refractivity contribution in [2.24, 2.45) is 0 Å². The summed E-state index contributed by atoms with van der Waals surface area (Å²) in [6.45, 7) is 20.0. The second-order valence-electron chi connectivity index (χ2n) is 30.3. The van der Waals surface area contributed by atoms with Crippen LogP contribution in [0.3, 0.4) is 0 Å². The first-order chi connectivity index (χ1) is 55.0. The van der Waals surface area contributed by atoms with Gasteiger partial charge in [-0.1, -0.05) is 105 Å². The molecule has 7 aromatic carbocycles. The summed E-state index contributed by atoms with van der Waals surface area (Å²) in [5.74, 6) is 0. The van der Waals surface area contributed by atoms with Crippen molar-refractivity contribution in [3.05, 3.63) is 339 Å². The van der Waals surface area contributed by atoms with E-state index in [9.17, 15) is 0 Å². The molecule has 113 heavy (non-hydrogen) atoms. The molecule has 566 valence electrons. The maximum absolute atomic E-state index is 5.39. The van der Waals surface area contributed by atoms with Crippen LogP contribution in [0.15, 0.2) is 322 Å². The molecule has 0 atom stereocenters. The van der Waals surface area contributed by atoms with Gasteiger partial charge in [-0.05, 0) is 139 Å². The zero-order valence-corrected chi connectivity index (χ0v) is 68.9. The van der Waals surface area contributed by atoms with Crippen LogP contribution in [0.2, 0.25) is 19.6 Å². The van der Waals surface area contributed by atoms with E-state index in [1.54, 1.807) is 19.1 Å². The lowest BCUT2D eigenvalue weighted by Gasteiger charge is -2.37. The van der Waals surface area contributed by atoms with Crippen molar-refractivity contribution in [2.45, 2.75) is 87.1 Å². The molecular formula is C96H103N14OSSi+7. The molecule has 0 aliphatic carbocycles. The summed E-state index contributed by atoms with van der Waals surface area (Å²) in [7, 11) is 8.88. The zero-order valence-electron chi connectivity index (χ0n) is 67.1. The van der Waals surface area contributed by atoms with Gasteiger partial charge in [-0.3, -0.25) is 9.14 Å². The largest absolute Gasteiger partial charge is 0.345 e. The number of hydrogen-bond donors (Lipinski definition) is 0. The number of fused-ring (bicyclic) bond motifs is 21. The zero-order chi connectivity index (χ0) is 78.3. The number of nitrogens with zero attached hydrogens (tertiary/aromatic N) is 14. The minimum atomic E-state index is -1.36. The van der Waals surface area contributed by atoms with Gasteiger partial charge in [-0.15, -0.1) is 0 Å². The van der Waals surface area contributed by atoms with E-state index in [0.29, 0.717) is 0 Å². The molecular weight excluding hydrogens is 1430 g/mol. The first-order valence-electron chi connectivity index (χ1n) is 38.9. The van der Waals surface area contributed by atoms with Crippen LogP contribution in [0, 0.1) is 20.8 Å². The normalized spacial score (nSPS) is 13.4. The van der Waals surface area contributed by atoms with Crippen LogP contribution in [-0.4, -0.2) is 49.8 Å². The minimum Gasteiger partial charge on any atom is -0.345 e. The fourth-order valence-electron chi connectivity index (χ4n) is 16.1. The van der Waals surface area contributed by atoms with E-state index in [4.69, 9.17) is 4.84 Å². The van der Waals surface area contributed by atoms with Gasteiger partial charge in [0, 0.05) is 146 Å². The quantitative estimate of drug-likeness (QED) is 0.0978. The summed E-state index contributed by atoms with van der Waals surface area (Å²) in [4.78, 5) is 14.5. The van der Waals surface area contributed by atoms with Crippen LogP contribution < -0.4 is 65.5 Å². The van der Waals surface area contributed by atoms with Crippen molar-refractivity contribution in [1.29, 1.82) is 0 Å². The lowest BCUT2D eigenvalue weighted by atomic mass is 10.1. The Morgan fingerprint density at radius 2 is 0.540 bits per heavy atom. The summed E-state index contributed by atoms with van der Waals surface area (Å²) < 4.78 is 21.0. The number of anilines is 7. The highest BCUT2D eigenvalue weighted by atomic mass is 32.2. The Labute approximate surface area is 672 Å². The average Bonchev–Trinajstić information content (AvgIpc) is 0.807. The number of hydroxylamine groups is 1. The van der Waals surface area contributed by atoms with E-state index in [-0.39, 0.29) is 0 Å². The third kappa shape index (κ3) is 15.9. The van der Waals surface area contributed by atoms with Crippen molar-refractivity contribution in [2.75, 3.05) is 75.1 Å². The van der Waals surface area contributed by atoms with Crippen LogP contribution in [-0.2, 0) is 51.5 Å². The van der Waals surface area contributed by atoms with Crippen LogP contribution in [0.25, 0.3) is 78.8 Å². The molecule has 0 N–H and O–H groups in total. The Morgan fingerprint density at radius 3 is 0.903 bits per heavy atom. The smallest absolute Gasteiger partial charge is 0.246 e. The van der Waals surface area contributed by atoms with Gasteiger partial charge in [0.1, 0.15) is 0 Å². The summed E-state index contributed by atoms with van der Waals surface area (Å²) >= 11 is 1.76. The van der Waals surface area contributed by atoms with Crippen molar-refractivity contribution >= 4 is 60.0 Å². The highest BCUT2D eigenvalue weighted by Crippen LogP contribution is 2.39. The third-order valence-electron chi connectivity index (χ3n) is 22.0. The van der Waals surface area contributed by atoms with Crippen molar-refractivity contribution < 1.29 is 36.8 Å². The molecule has 14 heterocycles. The monoisotopic (exact) mass is 1530 g/mol. The molecule has 21 rings (SSSR count). The van der Waals surface area contributed by atoms with Gasteiger partial charge in [0.2, 0.25) is 86.5 Å². The first-order valence-corrected chi connectivity index (χ1v) is 43.5. The van der Waals surface area contributed by atoms with E-state index in [1.807, 2.05) is 17.2 Å². The Balaban J connectivity index is 0.000000104. The fourth-order valence-corrected chi connectivity index (χ4v) is 18.2. The summed E-state index contributed by atoms with van der Waals surface area (Å²) in [6.07, 6.45) is 10.6. The molecule has 0 bridgehead atoms. The van der Waals surface area contributed by atoms with Crippen molar-refractivity contribution in [3.8, 4) is 78.8 Å². The molecule has 15 nitrogen and oxygen atoms in total. The van der Waals surface area contributed by atoms with Crippen LogP contribution >= 0.6 is 11.9 Å². The van der Waals surface area contributed by atoms with Gasteiger partial charge in [0.15, 0.2) is 50.1 Å². The second kappa shape index (κ2) is 33.7. The maximum atomic E-state index is 5.39. The molecule has 0 saturated heterocycles. The SMILES string of the molecule is CN1C[n+]2ccccc2-c2ccccc21.CON1C[n+]2ccccc2-c2ccccc21.CSN1C[n+]2ccccc2-c2ccccc21.C[Si](C)(C)N1C[n+]2ccccc2-c2ccccc21.Cc1cccc2[n+]1CN(C)c1ccccc1-2.Cc1cccc2[n+]1CN(C)c1ccccc1-2.Cc1cccc2[n+]1CN(C)c1ccccc1-2. The topological polar surface area (TPSA) is 59.1 Å². The number of aryl methyl sites for hydroxylation is 3. The van der Waals surface area contributed by atoms with Crippen LogP contribution in [0.4, 0.5) is 39.8 Å².